The van der Waals surface area contributed by atoms with Crippen molar-refractivity contribution in [1.82, 2.24) is 10.9 Å². The van der Waals surface area contributed by atoms with E-state index >= 15 is 0 Å². The highest BCUT2D eigenvalue weighted by molar-refractivity contribution is 9.10. The van der Waals surface area contributed by atoms with Gasteiger partial charge in [-0.25, -0.2) is 4.39 Å². The molecule has 0 saturated carbocycles. The maximum absolute atomic E-state index is 13.6. The van der Waals surface area contributed by atoms with Crippen LogP contribution >= 0.6 is 15.9 Å². The average Bonchev–Trinajstić information content (AvgIpc) is 2.65. The summed E-state index contributed by atoms with van der Waals surface area (Å²) in [5.41, 5.74) is 4.71. The lowest BCUT2D eigenvalue weighted by Crippen LogP contribution is -2.43. The molecule has 0 radical (unpaired) electrons. The Kier molecular flexibility index (Phi) is 7.62. The van der Waals surface area contributed by atoms with Gasteiger partial charge >= 0.3 is 0 Å². The summed E-state index contributed by atoms with van der Waals surface area (Å²) in [5, 5.41) is 0. The third kappa shape index (κ3) is 6.12. The molecule has 7 nitrogen and oxygen atoms in total. The number of nitrogens with one attached hydrogen (secondary N) is 2. The molecule has 0 aromatic heterocycles. The van der Waals surface area contributed by atoms with E-state index in [2.05, 4.69) is 26.8 Å². The first-order chi connectivity index (χ1) is 13.3. The van der Waals surface area contributed by atoms with Crippen molar-refractivity contribution in [2.75, 3.05) is 13.7 Å². The summed E-state index contributed by atoms with van der Waals surface area (Å²) in [4.78, 5) is 24.0. The first-order valence-corrected chi connectivity index (χ1v) is 9.11. The Morgan fingerprint density at radius 1 is 1.07 bits per heavy atom. The SMILES string of the molecule is COc1cc(C(=O)NNC(=O)COc2ccc(Br)cc2F)ccc1OC(C)C. The van der Waals surface area contributed by atoms with Crippen LogP contribution in [0.15, 0.2) is 40.9 Å². The molecule has 2 aromatic carbocycles. The molecule has 0 unspecified atom stereocenters. The zero-order valence-electron chi connectivity index (χ0n) is 15.5. The molecule has 0 atom stereocenters. The Balaban J connectivity index is 1.89. The summed E-state index contributed by atoms with van der Waals surface area (Å²) in [6.07, 6.45) is -0.0524. The van der Waals surface area contributed by atoms with Gasteiger partial charge in [-0.15, -0.1) is 0 Å². The number of hydrogen-bond donors (Lipinski definition) is 2. The van der Waals surface area contributed by atoms with Gasteiger partial charge in [0.05, 0.1) is 13.2 Å². The van der Waals surface area contributed by atoms with E-state index in [-0.39, 0.29) is 17.4 Å². The number of carbonyl (C=O) groups excluding carboxylic acids is 2. The molecular formula is C19H20BrFN2O5. The Morgan fingerprint density at radius 3 is 2.43 bits per heavy atom. The van der Waals surface area contributed by atoms with Gasteiger partial charge in [-0.3, -0.25) is 20.4 Å². The fourth-order valence-corrected chi connectivity index (χ4v) is 2.46. The Morgan fingerprint density at radius 2 is 1.79 bits per heavy atom. The largest absolute Gasteiger partial charge is 0.493 e. The van der Waals surface area contributed by atoms with Crippen molar-refractivity contribution in [1.29, 1.82) is 0 Å². The second kappa shape index (κ2) is 9.93. The highest BCUT2D eigenvalue weighted by atomic mass is 79.9. The third-order valence-corrected chi connectivity index (χ3v) is 3.85. The summed E-state index contributed by atoms with van der Waals surface area (Å²) in [5.74, 6) is -0.998. The van der Waals surface area contributed by atoms with Crippen molar-refractivity contribution in [2.45, 2.75) is 20.0 Å². The van der Waals surface area contributed by atoms with Crippen LogP contribution in [0.2, 0.25) is 0 Å². The normalized spacial score (nSPS) is 10.4. The van der Waals surface area contributed by atoms with Crippen molar-refractivity contribution in [3.8, 4) is 17.2 Å². The number of amides is 2. The van der Waals surface area contributed by atoms with Crippen LogP contribution in [0.25, 0.3) is 0 Å². The van der Waals surface area contributed by atoms with Crippen LogP contribution < -0.4 is 25.1 Å². The molecule has 0 fully saturated rings. The van der Waals surface area contributed by atoms with E-state index in [1.807, 2.05) is 13.8 Å². The van der Waals surface area contributed by atoms with Gasteiger partial charge in [0.15, 0.2) is 29.7 Å². The second-order valence-electron chi connectivity index (χ2n) is 5.90. The van der Waals surface area contributed by atoms with Crippen LogP contribution in [-0.2, 0) is 4.79 Å². The smallest absolute Gasteiger partial charge is 0.276 e. The fraction of sp³-hybridized carbons (Fsp3) is 0.263. The molecule has 0 aliphatic heterocycles. The monoisotopic (exact) mass is 454 g/mol. The molecule has 0 spiro atoms. The number of halogens is 2. The minimum absolute atomic E-state index is 0.0524. The van der Waals surface area contributed by atoms with Crippen molar-refractivity contribution in [3.05, 3.63) is 52.3 Å². The van der Waals surface area contributed by atoms with Gasteiger partial charge in [-0.1, -0.05) is 15.9 Å². The summed E-state index contributed by atoms with van der Waals surface area (Å²) < 4.78 is 30.1. The summed E-state index contributed by atoms with van der Waals surface area (Å²) in [6.45, 7) is 3.28. The molecule has 0 aliphatic rings. The number of rotatable bonds is 7. The van der Waals surface area contributed by atoms with E-state index in [0.29, 0.717) is 16.0 Å². The summed E-state index contributed by atoms with van der Waals surface area (Å²) in [7, 11) is 1.46. The van der Waals surface area contributed by atoms with Crippen LogP contribution in [-0.4, -0.2) is 31.6 Å². The Hall–Kier alpha value is -2.81. The minimum atomic E-state index is -0.651. The number of benzene rings is 2. The molecule has 2 aromatic rings. The number of carbonyl (C=O) groups is 2. The number of methoxy groups -OCH3 is 1. The lowest BCUT2D eigenvalue weighted by Gasteiger charge is -2.14. The van der Waals surface area contributed by atoms with Crippen LogP contribution in [0.4, 0.5) is 4.39 Å². The molecule has 2 amide bonds. The fourth-order valence-electron chi connectivity index (χ4n) is 2.13. The van der Waals surface area contributed by atoms with Gasteiger partial charge < -0.3 is 14.2 Å². The average molecular weight is 455 g/mol. The topological polar surface area (TPSA) is 85.9 Å². The van der Waals surface area contributed by atoms with Crippen molar-refractivity contribution < 1.29 is 28.2 Å². The Labute approximate surface area is 170 Å². The molecule has 150 valence electrons. The van der Waals surface area contributed by atoms with Gasteiger partial charge in [0, 0.05) is 10.0 Å². The first kappa shape index (κ1) is 21.5. The summed E-state index contributed by atoms with van der Waals surface area (Å²) >= 11 is 3.13. The molecule has 0 heterocycles. The molecule has 0 bridgehead atoms. The molecule has 0 saturated heterocycles. The zero-order chi connectivity index (χ0) is 20.7. The molecule has 2 N–H and O–H groups in total. The van der Waals surface area contributed by atoms with E-state index in [0.717, 1.165) is 0 Å². The number of hydrazine groups is 1. The molecule has 9 heteroatoms. The van der Waals surface area contributed by atoms with E-state index in [9.17, 15) is 14.0 Å². The predicted molar refractivity (Wildman–Crippen MR) is 104 cm³/mol. The molecule has 0 aliphatic carbocycles. The highest BCUT2D eigenvalue weighted by Crippen LogP contribution is 2.28. The second-order valence-corrected chi connectivity index (χ2v) is 6.81. The van der Waals surface area contributed by atoms with Crippen molar-refractivity contribution in [2.24, 2.45) is 0 Å². The van der Waals surface area contributed by atoms with Crippen LogP contribution in [0.5, 0.6) is 17.2 Å². The Bertz CT molecular complexity index is 860. The van der Waals surface area contributed by atoms with Crippen LogP contribution in [0, 0.1) is 5.82 Å². The van der Waals surface area contributed by atoms with E-state index < -0.39 is 24.2 Å². The van der Waals surface area contributed by atoms with E-state index in [1.54, 1.807) is 12.1 Å². The van der Waals surface area contributed by atoms with Gasteiger partial charge in [-0.2, -0.15) is 0 Å². The highest BCUT2D eigenvalue weighted by Gasteiger charge is 2.13. The van der Waals surface area contributed by atoms with Gasteiger partial charge in [0.1, 0.15) is 0 Å². The molecule has 2 rings (SSSR count). The molecular weight excluding hydrogens is 435 g/mol. The van der Waals surface area contributed by atoms with Crippen molar-refractivity contribution in [3.63, 3.8) is 0 Å². The van der Waals surface area contributed by atoms with Crippen molar-refractivity contribution >= 4 is 27.7 Å². The van der Waals surface area contributed by atoms with Gasteiger partial charge in [-0.05, 0) is 50.2 Å². The van der Waals surface area contributed by atoms with Crippen LogP contribution in [0.1, 0.15) is 24.2 Å². The third-order valence-electron chi connectivity index (χ3n) is 3.36. The summed E-state index contributed by atoms with van der Waals surface area (Å²) in [6, 6.07) is 8.82. The number of ether oxygens (including phenoxy) is 3. The lowest BCUT2D eigenvalue weighted by atomic mass is 10.2. The van der Waals surface area contributed by atoms with Gasteiger partial charge in [0.25, 0.3) is 11.8 Å². The van der Waals surface area contributed by atoms with Gasteiger partial charge in [0.2, 0.25) is 0 Å². The van der Waals surface area contributed by atoms with E-state index in [1.165, 1.54) is 31.4 Å². The lowest BCUT2D eigenvalue weighted by molar-refractivity contribution is -0.123. The quantitative estimate of drug-likeness (QED) is 0.627. The number of hydrogen-bond acceptors (Lipinski definition) is 5. The standard InChI is InChI=1S/C19H20BrFN2O5/c1-11(2)28-16-6-4-12(8-17(16)26-3)19(25)23-22-18(24)10-27-15-7-5-13(20)9-14(15)21/h4-9,11H,10H2,1-3H3,(H,22,24)(H,23,25). The minimum Gasteiger partial charge on any atom is -0.493 e. The zero-order valence-corrected chi connectivity index (χ0v) is 17.1. The van der Waals surface area contributed by atoms with Crippen LogP contribution in [0.3, 0.4) is 0 Å². The maximum Gasteiger partial charge on any atom is 0.276 e. The predicted octanol–water partition coefficient (Wildman–Crippen LogP) is 3.22. The molecule has 28 heavy (non-hydrogen) atoms. The maximum atomic E-state index is 13.6. The first-order valence-electron chi connectivity index (χ1n) is 8.32. The van der Waals surface area contributed by atoms with E-state index in [4.69, 9.17) is 14.2 Å².